The number of rotatable bonds is 5. The number of carboxylic acids is 1. The number of ether oxygens (including phenoxy) is 1. The van der Waals surface area contributed by atoms with Crippen LogP contribution in [0.5, 0.6) is 5.75 Å². The summed E-state index contributed by atoms with van der Waals surface area (Å²) < 4.78 is 5.35. The van der Waals surface area contributed by atoms with Crippen molar-refractivity contribution in [2.75, 3.05) is 17.1 Å². The molecule has 0 saturated carbocycles. The Morgan fingerprint density at radius 1 is 0.909 bits per heavy atom. The lowest BCUT2D eigenvalue weighted by atomic mass is 9.88. The fourth-order valence-corrected chi connectivity index (χ4v) is 4.53. The molecule has 2 aliphatic heterocycles. The summed E-state index contributed by atoms with van der Waals surface area (Å²) in [6, 6.07) is 21.4. The van der Waals surface area contributed by atoms with Gasteiger partial charge in [-0.1, -0.05) is 48.5 Å². The minimum absolute atomic E-state index is 0.0451. The smallest absolute Gasteiger partial charge is 0.336 e. The Kier molecular flexibility index (Phi) is 5.07. The molecule has 3 aromatic rings. The summed E-state index contributed by atoms with van der Waals surface area (Å²) in [6.07, 6.45) is -1.10. The number of carbonyl (C=O) groups is 3. The number of methoxy groups -OCH3 is 1. The number of carboxylic acid groups (broad SMARTS) is 1. The molecule has 8 nitrogen and oxygen atoms in total. The summed E-state index contributed by atoms with van der Waals surface area (Å²) in [5.41, 5.74) is 1.37. The predicted molar refractivity (Wildman–Crippen MR) is 119 cm³/mol. The molecule has 2 fully saturated rings. The number of amides is 2. The van der Waals surface area contributed by atoms with E-state index in [9.17, 15) is 19.5 Å². The Morgan fingerprint density at radius 3 is 2.30 bits per heavy atom. The second-order valence-corrected chi connectivity index (χ2v) is 7.73. The number of carbonyl (C=O) groups excluding carboxylic acids is 2. The van der Waals surface area contributed by atoms with Gasteiger partial charge in [-0.3, -0.25) is 14.4 Å². The second kappa shape index (κ2) is 8.07. The maximum absolute atomic E-state index is 13.7. The molecule has 0 aliphatic carbocycles. The largest absolute Gasteiger partial charge is 0.495 e. The van der Waals surface area contributed by atoms with Crippen molar-refractivity contribution in [1.29, 1.82) is 0 Å². The molecular weight excluding hydrogens is 424 g/mol. The summed E-state index contributed by atoms with van der Waals surface area (Å²) in [4.78, 5) is 46.3. The fourth-order valence-electron chi connectivity index (χ4n) is 4.53. The maximum atomic E-state index is 13.7. The number of hydrogen-bond donors (Lipinski definition) is 1. The lowest BCUT2D eigenvalue weighted by Gasteiger charge is -2.29. The van der Waals surface area contributed by atoms with Gasteiger partial charge in [0.15, 0.2) is 6.10 Å². The van der Waals surface area contributed by atoms with Crippen LogP contribution in [-0.2, 0) is 14.4 Å². The van der Waals surface area contributed by atoms with Gasteiger partial charge in [-0.25, -0.2) is 14.8 Å². The third-order valence-electron chi connectivity index (χ3n) is 5.96. The zero-order valence-corrected chi connectivity index (χ0v) is 17.6. The van der Waals surface area contributed by atoms with Crippen LogP contribution in [0.15, 0.2) is 78.9 Å². The maximum Gasteiger partial charge on any atom is 0.336 e. The van der Waals surface area contributed by atoms with Gasteiger partial charge in [-0.2, -0.15) is 0 Å². The molecule has 3 unspecified atom stereocenters. The molecule has 1 N–H and O–H groups in total. The van der Waals surface area contributed by atoms with Gasteiger partial charge in [0.25, 0.3) is 5.91 Å². The molecule has 2 heterocycles. The van der Waals surface area contributed by atoms with Crippen LogP contribution in [0, 0.1) is 5.92 Å². The number of imide groups is 1. The third kappa shape index (κ3) is 3.23. The van der Waals surface area contributed by atoms with Crippen molar-refractivity contribution in [3.8, 4) is 5.75 Å². The van der Waals surface area contributed by atoms with Gasteiger partial charge in [0.05, 0.1) is 30.1 Å². The lowest BCUT2D eigenvalue weighted by molar-refractivity contribution is -0.126. The summed E-state index contributed by atoms with van der Waals surface area (Å²) in [6.45, 7) is 0. The van der Waals surface area contributed by atoms with E-state index in [2.05, 4.69) is 0 Å². The van der Waals surface area contributed by atoms with Gasteiger partial charge in [0.2, 0.25) is 5.91 Å². The molecule has 0 spiro atoms. The van der Waals surface area contributed by atoms with Crippen LogP contribution in [0.4, 0.5) is 11.4 Å². The standard InChI is InChI=1S/C25H20N2O6/c1-32-19-14-8-7-13-18(19)26-23(28)20-21(16-11-5-6-12-17(16)25(30)31)27(33-22(20)24(26)29)15-9-3-2-4-10-15/h2-14,20-22H,1H3,(H,30,31). The minimum Gasteiger partial charge on any atom is -0.495 e. The number of benzene rings is 3. The third-order valence-corrected chi connectivity index (χ3v) is 5.96. The van der Waals surface area contributed by atoms with E-state index in [4.69, 9.17) is 9.57 Å². The topological polar surface area (TPSA) is 96.4 Å². The van der Waals surface area contributed by atoms with Crippen LogP contribution in [0.1, 0.15) is 22.0 Å². The van der Waals surface area contributed by atoms with Gasteiger partial charge >= 0.3 is 5.97 Å². The van der Waals surface area contributed by atoms with Gasteiger partial charge < -0.3 is 9.84 Å². The van der Waals surface area contributed by atoms with E-state index in [0.29, 0.717) is 22.7 Å². The van der Waals surface area contributed by atoms with Crippen molar-refractivity contribution in [2.24, 2.45) is 5.92 Å². The highest BCUT2D eigenvalue weighted by atomic mass is 16.7. The molecule has 33 heavy (non-hydrogen) atoms. The quantitative estimate of drug-likeness (QED) is 0.602. The lowest BCUT2D eigenvalue weighted by Crippen LogP contribution is -2.37. The number of hydroxylamine groups is 1. The number of aromatic carboxylic acids is 1. The van der Waals surface area contributed by atoms with Gasteiger partial charge in [0.1, 0.15) is 11.7 Å². The average molecular weight is 444 g/mol. The van der Waals surface area contributed by atoms with Crippen molar-refractivity contribution in [1.82, 2.24) is 0 Å². The van der Waals surface area contributed by atoms with Crippen LogP contribution in [0.3, 0.4) is 0 Å². The van der Waals surface area contributed by atoms with E-state index < -0.39 is 35.8 Å². The van der Waals surface area contributed by atoms with Gasteiger partial charge in [0, 0.05) is 0 Å². The fraction of sp³-hybridized carbons (Fsp3) is 0.160. The van der Waals surface area contributed by atoms with Crippen molar-refractivity contribution in [3.63, 3.8) is 0 Å². The summed E-state index contributed by atoms with van der Waals surface area (Å²) in [5.74, 6) is -2.69. The molecule has 2 amide bonds. The molecule has 2 saturated heterocycles. The average Bonchev–Trinajstić information content (AvgIpc) is 3.35. The summed E-state index contributed by atoms with van der Waals surface area (Å²) in [5, 5.41) is 11.3. The second-order valence-electron chi connectivity index (χ2n) is 7.73. The molecule has 8 heteroatoms. The number of hydrogen-bond acceptors (Lipinski definition) is 6. The van der Waals surface area contributed by atoms with Crippen LogP contribution < -0.4 is 14.7 Å². The monoisotopic (exact) mass is 444 g/mol. The molecule has 5 rings (SSSR count). The minimum atomic E-state index is -1.12. The van der Waals surface area contributed by atoms with E-state index in [1.165, 1.54) is 18.2 Å². The highest BCUT2D eigenvalue weighted by Crippen LogP contribution is 2.49. The first-order chi connectivity index (χ1) is 16.0. The van der Waals surface area contributed by atoms with Crippen molar-refractivity contribution in [3.05, 3.63) is 90.0 Å². The Morgan fingerprint density at radius 2 is 1.58 bits per heavy atom. The first kappa shape index (κ1) is 20.7. The number of anilines is 2. The normalized spacial score (nSPS) is 21.9. The summed E-state index contributed by atoms with van der Waals surface area (Å²) in [7, 11) is 1.46. The Bertz CT molecular complexity index is 1240. The first-order valence-corrected chi connectivity index (χ1v) is 10.4. The Hall–Kier alpha value is -4.17. The van der Waals surface area contributed by atoms with Crippen LogP contribution in [0.25, 0.3) is 0 Å². The van der Waals surface area contributed by atoms with Crippen molar-refractivity contribution in [2.45, 2.75) is 12.1 Å². The zero-order chi connectivity index (χ0) is 23.1. The summed E-state index contributed by atoms with van der Waals surface area (Å²) >= 11 is 0. The molecule has 0 radical (unpaired) electrons. The Labute approximate surface area is 189 Å². The molecule has 3 aromatic carbocycles. The highest BCUT2D eigenvalue weighted by Gasteiger charge is 2.61. The molecular formula is C25H20N2O6. The predicted octanol–water partition coefficient (Wildman–Crippen LogP) is 3.44. The highest BCUT2D eigenvalue weighted by molar-refractivity contribution is 6.24. The number of para-hydroxylation sites is 3. The van der Waals surface area contributed by atoms with Crippen molar-refractivity contribution < 1.29 is 29.1 Å². The van der Waals surface area contributed by atoms with Gasteiger partial charge in [-0.05, 0) is 35.9 Å². The van der Waals surface area contributed by atoms with E-state index in [0.717, 1.165) is 4.90 Å². The van der Waals surface area contributed by atoms with Crippen molar-refractivity contribution >= 4 is 29.2 Å². The molecule has 166 valence electrons. The van der Waals surface area contributed by atoms with Crippen LogP contribution in [0.2, 0.25) is 0 Å². The zero-order valence-electron chi connectivity index (χ0n) is 17.6. The SMILES string of the molecule is COc1ccccc1N1C(=O)C2ON(c3ccccc3)C(c3ccccc3C(=O)O)C2C1=O. The van der Waals surface area contributed by atoms with Crippen LogP contribution in [-0.4, -0.2) is 36.1 Å². The van der Waals surface area contributed by atoms with E-state index in [1.54, 1.807) is 66.7 Å². The molecule has 2 aliphatic rings. The van der Waals surface area contributed by atoms with E-state index in [1.807, 2.05) is 6.07 Å². The van der Waals surface area contributed by atoms with Crippen LogP contribution >= 0.6 is 0 Å². The van der Waals surface area contributed by atoms with E-state index in [-0.39, 0.29) is 5.56 Å². The number of fused-ring (bicyclic) bond motifs is 1. The molecule has 3 atom stereocenters. The molecule has 0 aromatic heterocycles. The first-order valence-electron chi connectivity index (χ1n) is 10.4. The van der Waals surface area contributed by atoms with Gasteiger partial charge in [-0.15, -0.1) is 0 Å². The Balaban J connectivity index is 1.65. The molecule has 0 bridgehead atoms. The van der Waals surface area contributed by atoms with E-state index >= 15 is 0 Å². The number of nitrogens with zero attached hydrogens (tertiary/aromatic N) is 2.